The smallest absolute Gasteiger partial charge is 0.254 e. The van der Waals surface area contributed by atoms with Gasteiger partial charge in [-0.2, -0.15) is 0 Å². The van der Waals surface area contributed by atoms with Gasteiger partial charge < -0.3 is 15.1 Å². The van der Waals surface area contributed by atoms with E-state index in [0.29, 0.717) is 24.2 Å². The average molecular weight is 342 g/mol. The number of furan rings is 1. The highest BCUT2D eigenvalue weighted by Gasteiger charge is 2.28. The van der Waals surface area contributed by atoms with E-state index < -0.39 is 9.84 Å². The molecule has 128 valence electrons. The number of carbonyl (C=O) groups excluding carboxylic acids is 2. The summed E-state index contributed by atoms with van der Waals surface area (Å²) >= 11 is 0. The van der Waals surface area contributed by atoms with E-state index in [9.17, 15) is 18.0 Å². The third kappa shape index (κ3) is 5.09. The molecule has 7 nitrogen and oxygen atoms in total. The maximum atomic E-state index is 12.0. The Balaban J connectivity index is 1.73. The number of carbonyl (C=O) groups is 2. The van der Waals surface area contributed by atoms with E-state index in [0.717, 1.165) is 6.42 Å². The van der Waals surface area contributed by atoms with Crippen LogP contribution in [0.2, 0.25) is 0 Å². The number of hydrogen-bond donors (Lipinski definition) is 2. The Morgan fingerprint density at radius 3 is 2.83 bits per heavy atom. The van der Waals surface area contributed by atoms with Gasteiger partial charge in [-0.15, -0.1) is 0 Å². The molecule has 0 saturated carbocycles. The van der Waals surface area contributed by atoms with Crippen LogP contribution in [0.5, 0.6) is 0 Å². The molecule has 1 aliphatic heterocycles. The van der Waals surface area contributed by atoms with Crippen molar-refractivity contribution in [2.75, 3.05) is 18.1 Å². The predicted molar refractivity (Wildman–Crippen MR) is 84.9 cm³/mol. The number of hydrogen-bond acceptors (Lipinski definition) is 5. The zero-order chi connectivity index (χ0) is 16.9. The summed E-state index contributed by atoms with van der Waals surface area (Å²) in [7, 11) is -3.01. The molecular formula is C15H22N2O5S. The lowest BCUT2D eigenvalue weighted by atomic mass is 10.1. The highest BCUT2D eigenvalue weighted by Crippen LogP contribution is 2.13. The summed E-state index contributed by atoms with van der Waals surface area (Å²) in [6.07, 6.45) is 3.61. The van der Waals surface area contributed by atoms with E-state index in [2.05, 4.69) is 10.6 Å². The fraction of sp³-hybridized carbons (Fsp3) is 0.600. The minimum atomic E-state index is -3.01. The Kier molecular flexibility index (Phi) is 5.81. The van der Waals surface area contributed by atoms with Crippen molar-refractivity contribution in [2.45, 2.75) is 38.6 Å². The van der Waals surface area contributed by atoms with Crippen LogP contribution in [0.25, 0.3) is 0 Å². The number of nitrogens with one attached hydrogen (secondary N) is 2. The van der Waals surface area contributed by atoms with Crippen LogP contribution in [0, 0.1) is 0 Å². The van der Waals surface area contributed by atoms with Gasteiger partial charge in [0.2, 0.25) is 5.91 Å². The minimum Gasteiger partial charge on any atom is -0.469 e. The summed E-state index contributed by atoms with van der Waals surface area (Å²) in [5.41, 5.74) is 0.495. The van der Waals surface area contributed by atoms with E-state index in [-0.39, 0.29) is 42.3 Å². The van der Waals surface area contributed by atoms with Gasteiger partial charge in [0.1, 0.15) is 5.76 Å². The van der Waals surface area contributed by atoms with Crippen molar-refractivity contribution in [3.63, 3.8) is 0 Å². The topological polar surface area (TPSA) is 105 Å². The average Bonchev–Trinajstić information content (AvgIpc) is 3.05. The van der Waals surface area contributed by atoms with E-state index in [1.54, 1.807) is 6.07 Å². The summed E-state index contributed by atoms with van der Waals surface area (Å²) in [5.74, 6) is 0.244. The van der Waals surface area contributed by atoms with E-state index >= 15 is 0 Å². The first-order chi connectivity index (χ1) is 10.9. The van der Waals surface area contributed by atoms with Crippen molar-refractivity contribution in [3.05, 3.63) is 23.7 Å². The molecule has 1 saturated heterocycles. The van der Waals surface area contributed by atoms with Crippen LogP contribution in [0.3, 0.4) is 0 Å². The molecule has 1 aromatic rings. The van der Waals surface area contributed by atoms with Gasteiger partial charge in [0, 0.05) is 25.4 Å². The van der Waals surface area contributed by atoms with Crippen LogP contribution in [0.4, 0.5) is 0 Å². The Hall–Kier alpha value is -1.83. The summed E-state index contributed by atoms with van der Waals surface area (Å²) in [5, 5.41) is 5.36. The largest absolute Gasteiger partial charge is 0.469 e. The number of aryl methyl sites for hydroxylation is 1. The van der Waals surface area contributed by atoms with Crippen molar-refractivity contribution in [2.24, 2.45) is 0 Å². The van der Waals surface area contributed by atoms with Gasteiger partial charge >= 0.3 is 0 Å². The van der Waals surface area contributed by atoms with Crippen molar-refractivity contribution >= 4 is 21.7 Å². The highest BCUT2D eigenvalue weighted by molar-refractivity contribution is 7.91. The van der Waals surface area contributed by atoms with E-state index in [1.807, 2.05) is 6.92 Å². The molecule has 0 spiro atoms. The van der Waals surface area contributed by atoms with Gasteiger partial charge in [-0.25, -0.2) is 8.42 Å². The molecule has 2 heterocycles. The molecule has 1 atom stereocenters. The summed E-state index contributed by atoms with van der Waals surface area (Å²) in [4.78, 5) is 23.8. The third-order valence-electron chi connectivity index (χ3n) is 3.70. The molecule has 0 bridgehead atoms. The van der Waals surface area contributed by atoms with Crippen molar-refractivity contribution < 1.29 is 22.4 Å². The molecular weight excluding hydrogens is 320 g/mol. The molecule has 1 aromatic heterocycles. The second kappa shape index (κ2) is 7.63. The van der Waals surface area contributed by atoms with Crippen molar-refractivity contribution in [3.8, 4) is 0 Å². The Morgan fingerprint density at radius 1 is 1.39 bits per heavy atom. The molecule has 23 heavy (non-hydrogen) atoms. The molecule has 0 aliphatic carbocycles. The molecule has 0 radical (unpaired) electrons. The summed E-state index contributed by atoms with van der Waals surface area (Å²) < 4.78 is 27.9. The first kappa shape index (κ1) is 17.5. The molecule has 0 unspecified atom stereocenters. The zero-order valence-electron chi connectivity index (χ0n) is 13.1. The Labute approximate surface area is 135 Å². The fourth-order valence-corrected chi connectivity index (χ4v) is 4.23. The maximum Gasteiger partial charge on any atom is 0.254 e. The maximum absolute atomic E-state index is 12.0. The Bertz CT molecular complexity index is 665. The molecule has 8 heteroatoms. The normalized spacial score (nSPS) is 19.4. The number of rotatable bonds is 7. The second-order valence-corrected chi connectivity index (χ2v) is 7.91. The van der Waals surface area contributed by atoms with Crippen LogP contribution in [0.1, 0.15) is 42.3 Å². The first-order valence-electron chi connectivity index (χ1n) is 7.75. The standard InChI is InChI=1S/C15H22N2O5S/c1-2-3-13-12(5-8-22-13)15(19)16-7-4-14(18)17-11-6-9-23(20,21)10-11/h5,8,11H,2-4,6-7,9-10H2,1H3,(H,16,19)(H,17,18)/t11-/m1/s1. The molecule has 2 amide bonds. The van der Waals surface area contributed by atoms with Gasteiger partial charge in [-0.3, -0.25) is 9.59 Å². The van der Waals surface area contributed by atoms with Crippen LogP contribution < -0.4 is 10.6 Å². The molecule has 2 N–H and O–H groups in total. The second-order valence-electron chi connectivity index (χ2n) is 5.68. The SMILES string of the molecule is CCCc1occc1C(=O)NCCC(=O)N[C@@H]1CCS(=O)(=O)C1. The van der Waals surface area contributed by atoms with Gasteiger partial charge in [0.15, 0.2) is 9.84 Å². The van der Waals surface area contributed by atoms with Crippen molar-refractivity contribution in [1.82, 2.24) is 10.6 Å². The number of sulfone groups is 1. The van der Waals surface area contributed by atoms with Crippen LogP contribution >= 0.6 is 0 Å². The van der Waals surface area contributed by atoms with Crippen LogP contribution in [-0.2, 0) is 21.1 Å². The first-order valence-corrected chi connectivity index (χ1v) is 9.58. The monoisotopic (exact) mass is 342 g/mol. The van der Waals surface area contributed by atoms with Crippen LogP contribution in [0.15, 0.2) is 16.7 Å². The van der Waals surface area contributed by atoms with Gasteiger partial charge in [-0.05, 0) is 18.9 Å². The van der Waals surface area contributed by atoms with Gasteiger partial charge in [0.05, 0.1) is 23.3 Å². The lowest BCUT2D eigenvalue weighted by Crippen LogP contribution is -2.37. The quantitative estimate of drug-likeness (QED) is 0.757. The zero-order valence-corrected chi connectivity index (χ0v) is 13.9. The molecule has 2 rings (SSSR count). The lowest BCUT2D eigenvalue weighted by Gasteiger charge is -2.11. The van der Waals surface area contributed by atoms with E-state index in [1.165, 1.54) is 6.26 Å². The number of amides is 2. The molecule has 0 aromatic carbocycles. The Morgan fingerprint density at radius 2 is 2.17 bits per heavy atom. The van der Waals surface area contributed by atoms with Crippen LogP contribution in [-0.4, -0.2) is 44.3 Å². The van der Waals surface area contributed by atoms with Gasteiger partial charge in [-0.1, -0.05) is 6.92 Å². The van der Waals surface area contributed by atoms with Gasteiger partial charge in [0.25, 0.3) is 5.91 Å². The lowest BCUT2D eigenvalue weighted by molar-refractivity contribution is -0.121. The third-order valence-corrected chi connectivity index (χ3v) is 5.47. The minimum absolute atomic E-state index is 0.000492. The summed E-state index contributed by atoms with van der Waals surface area (Å²) in [6.45, 7) is 2.19. The van der Waals surface area contributed by atoms with E-state index in [4.69, 9.17) is 4.42 Å². The molecule has 1 aliphatic rings. The molecule has 1 fully saturated rings. The fourth-order valence-electron chi connectivity index (χ4n) is 2.56. The highest BCUT2D eigenvalue weighted by atomic mass is 32.2. The van der Waals surface area contributed by atoms with Crippen molar-refractivity contribution in [1.29, 1.82) is 0 Å². The predicted octanol–water partition coefficient (Wildman–Crippen LogP) is 0.655. The summed E-state index contributed by atoms with van der Waals surface area (Å²) in [6, 6.07) is 1.30.